The molecule has 0 saturated heterocycles. The summed E-state index contributed by atoms with van der Waals surface area (Å²) in [6, 6.07) is 10.1. The van der Waals surface area contributed by atoms with Gasteiger partial charge in [0.2, 0.25) is 0 Å². The Kier molecular flexibility index (Phi) is 5.19. The van der Waals surface area contributed by atoms with Crippen LogP contribution in [0.5, 0.6) is 0 Å². The van der Waals surface area contributed by atoms with Crippen molar-refractivity contribution in [3.63, 3.8) is 0 Å². The number of hydrogen-bond donors (Lipinski definition) is 2. The smallest absolute Gasteiger partial charge is 0.169 e. The molecule has 0 bridgehead atoms. The Labute approximate surface area is 185 Å². The van der Waals surface area contributed by atoms with E-state index in [0.29, 0.717) is 39.8 Å². The molecule has 1 saturated carbocycles. The molecule has 3 N–H and O–H groups in total. The highest BCUT2D eigenvalue weighted by molar-refractivity contribution is 6.35. The molecule has 0 unspecified atom stereocenters. The molecule has 7 nitrogen and oxygen atoms in total. The quantitative estimate of drug-likeness (QED) is 0.466. The monoisotopic (exact) mass is 433 g/mol. The molecule has 5 rings (SSSR count). The van der Waals surface area contributed by atoms with Gasteiger partial charge in [-0.05, 0) is 37.1 Å². The fourth-order valence-electron chi connectivity index (χ4n) is 4.20. The second-order valence-electron chi connectivity index (χ2n) is 8.04. The minimum Gasteiger partial charge on any atom is -0.381 e. The Morgan fingerprint density at radius 3 is 2.71 bits per heavy atom. The normalized spacial score (nSPS) is 14.8. The first kappa shape index (κ1) is 19.8. The average molecular weight is 434 g/mol. The number of nitrogens with one attached hydrogen (secondary N) is 1. The second kappa shape index (κ2) is 8.15. The summed E-state index contributed by atoms with van der Waals surface area (Å²) in [5, 5.41) is 9.57. The van der Waals surface area contributed by atoms with Gasteiger partial charge in [-0.25, -0.2) is 9.97 Å². The van der Waals surface area contributed by atoms with Gasteiger partial charge in [0.05, 0.1) is 10.5 Å². The summed E-state index contributed by atoms with van der Waals surface area (Å²) in [5.41, 5.74) is 9.99. The summed E-state index contributed by atoms with van der Waals surface area (Å²) in [4.78, 5) is 14.1. The van der Waals surface area contributed by atoms with Crippen LogP contribution in [0.25, 0.3) is 33.5 Å². The van der Waals surface area contributed by atoms with Crippen LogP contribution in [0.1, 0.15) is 32.1 Å². The van der Waals surface area contributed by atoms with Crippen LogP contribution in [0.2, 0.25) is 5.02 Å². The number of aryl methyl sites for hydroxylation is 1. The van der Waals surface area contributed by atoms with E-state index in [2.05, 4.69) is 15.4 Å². The third kappa shape index (κ3) is 3.93. The summed E-state index contributed by atoms with van der Waals surface area (Å²) in [7, 11) is 1.87. The molecule has 31 heavy (non-hydrogen) atoms. The maximum absolute atomic E-state index is 6.57. The number of nitrogen functional groups attached to an aromatic ring is 1. The Bertz CT molecular complexity index is 1240. The Morgan fingerprint density at radius 2 is 1.94 bits per heavy atom. The minimum absolute atomic E-state index is 0.364. The van der Waals surface area contributed by atoms with Crippen molar-refractivity contribution in [1.82, 2.24) is 24.7 Å². The van der Waals surface area contributed by atoms with Crippen LogP contribution < -0.4 is 11.1 Å². The third-order valence-electron chi connectivity index (χ3n) is 5.76. The summed E-state index contributed by atoms with van der Waals surface area (Å²) in [5.74, 6) is 0.993. The van der Waals surface area contributed by atoms with E-state index in [0.717, 1.165) is 29.3 Å². The minimum atomic E-state index is 0.364. The highest BCUT2D eigenvalue weighted by Gasteiger charge is 2.21. The number of halogens is 1. The van der Waals surface area contributed by atoms with Crippen LogP contribution in [-0.2, 0) is 7.05 Å². The van der Waals surface area contributed by atoms with Crippen LogP contribution in [0.3, 0.4) is 0 Å². The largest absolute Gasteiger partial charge is 0.381 e. The van der Waals surface area contributed by atoms with Crippen molar-refractivity contribution in [2.24, 2.45) is 7.05 Å². The van der Waals surface area contributed by atoms with Gasteiger partial charge in [0.15, 0.2) is 11.6 Å². The lowest BCUT2D eigenvalue weighted by Crippen LogP contribution is -2.24. The second-order valence-corrected chi connectivity index (χ2v) is 8.45. The van der Waals surface area contributed by atoms with Crippen molar-refractivity contribution in [3.8, 4) is 22.6 Å². The van der Waals surface area contributed by atoms with Crippen molar-refractivity contribution < 1.29 is 0 Å². The van der Waals surface area contributed by atoms with E-state index in [1.807, 2.05) is 43.6 Å². The molecule has 3 aromatic heterocycles. The fourth-order valence-corrected chi connectivity index (χ4v) is 4.48. The molecule has 1 aliphatic rings. The molecule has 0 spiro atoms. The summed E-state index contributed by atoms with van der Waals surface area (Å²) in [6.45, 7) is 0. The summed E-state index contributed by atoms with van der Waals surface area (Å²) >= 11 is 6.57. The molecule has 158 valence electrons. The van der Waals surface area contributed by atoms with Crippen molar-refractivity contribution in [2.45, 2.75) is 38.1 Å². The number of hydrogen-bond acceptors (Lipinski definition) is 6. The van der Waals surface area contributed by atoms with Gasteiger partial charge < -0.3 is 11.1 Å². The highest BCUT2D eigenvalue weighted by Crippen LogP contribution is 2.36. The first-order valence-electron chi connectivity index (χ1n) is 10.6. The van der Waals surface area contributed by atoms with Gasteiger partial charge in [-0.1, -0.05) is 36.9 Å². The van der Waals surface area contributed by atoms with E-state index in [9.17, 15) is 0 Å². The molecule has 1 fully saturated rings. The van der Waals surface area contributed by atoms with E-state index in [-0.39, 0.29) is 0 Å². The first-order chi connectivity index (χ1) is 15.1. The Balaban J connectivity index is 1.66. The van der Waals surface area contributed by atoms with Gasteiger partial charge in [0.1, 0.15) is 17.1 Å². The molecule has 8 heteroatoms. The summed E-state index contributed by atoms with van der Waals surface area (Å²) < 4.78 is 1.74. The van der Waals surface area contributed by atoms with Crippen LogP contribution in [0, 0.1) is 0 Å². The van der Waals surface area contributed by atoms with E-state index < -0.39 is 0 Å². The number of aromatic nitrogens is 5. The third-order valence-corrected chi connectivity index (χ3v) is 6.04. The zero-order valence-corrected chi connectivity index (χ0v) is 18.1. The van der Waals surface area contributed by atoms with Crippen LogP contribution in [0.4, 0.5) is 11.6 Å². The number of nitrogens with zero attached hydrogens (tertiary/aromatic N) is 5. The van der Waals surface area contributed by atoms with E-state index in [1.165, 1.54) is 19.3 Å². The van der Waals surface area contributed by atoms with E-state index in [1.54, 1.807) is 10.9 Å². The lowest BCUT2D eigenvalue weighted by atomic mass is 9.95. The van der Waals surface area contributed by atoms with Gasteiger partial charge in [-0.15, -0.1) is 0 Å². The van der Waals surface area contributed by atoms with E-state index in [4.69, 9.17) is 27.3 Å². The summed E-state index contributed by atoms with van der Waals surface area (Å²) in [6.07, 6.45) is 9.57. The van der Waals surface area contributed by atoms with Crippen LogP contribution in [0.15, 0.2) is 42.7 Å². The van der Waals surface area contributed by atoms with Gasteiger partial charge in [0.25, 0.3) is 0 Å². The zero-order chi connectivity index (χ0) is 21.4. The number of pyridine rings is 1. The zero-order valence-electron chi connectivity index (χ0n) is 17.3. The van der Waals surface area contributed by atoms with E-state index >= 15 is 0 Å². The lowest BCUT2D eigenvalue weighted by Gasteiger charge is -2.24. The predicted molar refractivity (Wildman–Crippen MR) is 125 cm³/mol. The number of anilines is 2. The first-order valence-corrected chi connectivity index (χ1v) is 10.9. The molecular formula is C23H24ClN7. The molecule has 3 heterocycles. The SMILES string of the molecule is Cn1ccc(-c2nc(N)c(NC3CCCCC3)nc2-c2cc(Cl)c3ncccc3c2)n1. The lowest BCUT2D eigenvalue weighted by molar-refractivity contribution is 0.462. The molecular weight excluding hydrogens is 410 g/mol. The van der Waals surface area contributed by atoms with Crippen LogP contribution in [-0.4, -0.2) is 30.8 Å². The van der Waals surface area contributed by atoms with Gasteiger partial charge in [-0.3, -0.25) is 9.67 Å². The number of rotatable bonds is 4. The van der Waals surface area contributed by atoms with Gasteiger partial charge >= 0.3 is 0 Å². The van der Waals surface area contributed by atoms with Crippen LogP contribution >= 0.6 is 11.6 Å². The van der Waals surface area contributed by atoms with Crippen molar-refractivity contribution in [1.29, 1.82) is 0 Å². The molecule has 0 aliphatic heterocycles. The molecule has 1 aliphatic carbocycles. The van der Waals surface area contributed by atoms with Gasteiger partial charge in [-0.2, -0.15) is 5.10 Å². The number of benzene rings is 1. The fraction of sp³-hybridized carbons (Fsp3) is 0.304. The molecule has 1 aromatic carbocycles. The standard InChI is InChI=1S/C23H24ClN7/c1-31-11-9-18(30-31)21-20(15-12-14-6-5-10-26-19(14)17(24)13-15)29-23(22(25)28-21)27-16-7-3-2-4-8-16/h5-6,9-13,16H,2-4,7-8H2,1H3,(H2,25,28)(H,27,29). The van der Waals surface area contributed by atoms with Crippen molar-refractivity contribution in [3.05, 3.63) is 47.7 Å². The maximum Gasteiger partial charge on any atom is 0.169 e. The topological polar surface area (TPSA) is 94.5 Å². The predicted octanol–water partition coefficient (Wildman–Crippen LogP) is 5.07. The molecule has 0 atom stereocenters. The molecule has 4 aromatic rings. The Hall–Kier alpha value is -3.19. The van der Waals surface area contributed by atoms with Crippen molar-refractivity contribution in [2.75, 3.05) is 11.1 Å². The average Bonchev–Trinajstić information content (AvgIpc) is 3.22. The maximum atomic E-state index is 6.57. The Morgan fingerprint density at radius 1 is 1.10 bits per heavy atom. The highest BCUT2D eigenvalue weighted by atomic mass is 35.5. The van der Waals surface area contributed by atoms with Crippen molar-refractivity contribution >= 4 is 34.1 Å². The molecule has 0 radical (unpaired) electrons. The molecule has 0 amide bonds. The number of fused-ring (bicyclic) bond motifs is 1. The van der Waals surface area contributed by atoms with Gasteiger partial charge in [0, 0.05) is 36.4 Å². The number of nitrogens with two attached hydrogens (primary N) is 1.